The Kier molecular flexibility index (Phi) is 5.90. The first kappa shape index (κ1) is 20.6. The van der Waals surface area contributed by atoms with Gasteiger partial charge in [-0.05, 0) is 58.3 Å². The number of alkyl halides is 3. The second kappa shape index (κ2) is 7.72. The third-order valence-electron chi connectivity index (χ3n) is 6.14. The van der Waals surface area contributed by atoms with Gasteiger partial charge in [0.2, 0.25) is 0 Å². The molecule has 1 aromatic carbocycles. The van der Waals surface area contributed by atoms with Crippen LogP contribution in [0.3, 0.4) is 0 Å². The molecule has 0 N–H and O–H groups in total. The van der Waals surface area contributed by atoms with Crippen molar-refractivity contribution >= 4 is 0 Å². The van der Waals surface area contributed by atoms with Crippen LogP contribution < -0.4 is 0 Å². The largest absolute Gasteiger partial charge is 0.416 e. The number of nitrogens with zero attached hydrogens (tertiary/aromatic N) is 2. The molecule has 0 aromatic heterocycles. The maximum absolute atomic E-state index is 13.3. The minimum atomic E-state index is -4.31. The predicted octanol–water partition coefficient (Wildman–Crippen LogP) is 4.17. The van der Waals surface area contributed by atoms with Gasteiger partial charge in [-0.1, -0.05) is 18.2 Å². The number of rotatable bonds is 4. The van der Waals surface area contributed by atoms with Gasteiger partial charge in [0.15, 0.2) is 0 Å². The first-order valence-electron chi connectivity index (χ1n) is 9.82. The Morgan fingerprint density at radius 1 is 1.11 bits per heavy atom. The Balaban J connectivity index is 1.85. The van der Waals surface area contributed by atoms with Crippen LogP contribution >= 0.6 is 0 Å². The van der Waals surface area contributed by atoms with E-state index in [0.29, 0.717) is 6.61 Å². The fourth-order valence-electron chi connectivity index (χ4n) is 4.55. The topological polar surface area (TPSA) is 15.7 Å². The average Bonchev–Trinajstić information content (AvgIpc) is 2.60. The number of ether oxygens (including phenoxy) is 1. The van der Waals surface area contributed by atoms with E-state index in [9.17, 15) is 13.2 Å². The van der Waals surface area contributed by atoms with Crippen LogP contribution in [0.4, 0.5) is 13.2 Å². The van der Waals surface area contributed by atoms with Gasteiger partial charge in [-0.3, -0.25) is 0 Å². The van der Waals surface area contributed by atoms with Gasteiger partial charge in [-0.15, -0.1) is 0 Å². The SMILES string of the molecule is CN1CCN(CC[C@]2(c3cccc(C(F)(F)F)c3)CCOC(C)(C)C2)CC1. The Morgan fingerprint density at radius 2 is 1.81 bits per heavy atom. The summed E-state index contributed by atoms with van der Waals surface area (Å²) in [6.45, 7) is 9.74. The number of likely N-dealkylation sites (N-methyl/N-ethyl adjacent to an activating group) is 1. The van der Waals surface area contributed by atoms with Crippen molar-refractivity contribution in [2.75, 3.05) is 46.4 Å². The normalized spacial score (nSPS) is 27.6. The molecule has 27 heavy (non-hydrogen) atoms. The van der Waals surface area contributed by atoms with Gasteiger partial charge in [-0.2, -0.15) is 13.2 Å². The number of hydrogen-bond acceptors (Lipinski definition) is 3. The Bertz CT molecular complexity index is 639. The number of hydrogen-bond donors (Lipinski definition) is 0. The lowest BCUT2D eigenvalue weighted by Crippen LogP contribution is -2.48. The van der Waals surface area contributed by atoms with Gasteiger partial charge in [0.25, 0.3) is 0 Å². The fourth-order valence-corrected chi connectivity index (χ4v) is 4.55. The average molecular weight is 384 g/mol. The van der Waals surface area contributed by atoms with Gasteiger partial charge < -0.3 is 14.5 Å². The second-order valence-corrected chi connectivity index (χ2v) is 8.79. The zero-order valence-electron chi connectivity index (χ0n) is 16.6. The number of halogens is 3. The molecule has 2 fully saturated rings. The van der Waals surface area contributed by atoms with Gasteiger partial charge in [-0.25, -0.2) is 0 Å². The van der Waals surface area contributed by atoms with Crippen LogP contribution in [0.15, 0.2) is 24.3 Å². The lowest BCUT2D eigenvalue weighted by atomic mass is 9.67. The van der Waals surface area contributed by atoms with Crippen LogP contribution in [-0.4, -0.2) is 61.8 Å². The minimum Gasteiger partial charge on any atom is -0.376 e. The fraction of sp³-hybridized carbons (Fsp3) is 0.714. The van der Waals surface area contributed by atoms with E-state index < -0.39 is 11.7 Å². The van der Waals surface area contributed by atoms with Crippen molar-refractivity contribution in [1.29, 1.82) is 0 Å². The van der Waals surface area contributed by atoms with Crippen LogP contribution in [0.25, 0.3) is 0 Å². The van der Waals surface area contributed by atoms with Crippen molar-refractivity contribution in [1.82, 2.24) is 9.80 Å². The Labute approximate surface area is 160 Å². The molecule has 3 nitrogen and oxygen atoms in total. The van der Waals surface area contributed by atoms with Crippen molar-refractivity contribution in [2.24, 2.45) is 0 Å². The van der Waals surface area contributed by atoms with Crippen LogP contribution in [-0.2, 0) is 16.3 Å². The molecule has 1 aromatic rings. The molecule has 2 saturated heterocycles. The molecule has 0 spiro atoms. The summed E-state index contributed by atoms with van der Waals surface area (Å²) >= 11 is 0. The second-order valence-electron chi connectivity index (χ2n) is 8.79. The van der Waals surface area contributed by atoms with Crippen molar-refractivity contribution in [3.8, 4) is 0 Å². The van der Waals surface area contributed by atoms with E-state index in [2.05, 4.69) is 16.8 Å². The standard InChI is InChI=1S/C21H31F3N2O/c1-19(2)16-20(8-14-27-19,7-9-26-12-10-25(3)11-13-26)17-5-4-6-18(15-17)21(22,23)24/h4-6,15H,7-14,16H2,1-3H3/t20-/m0/s1. The molecular formula is C21H31F3N2O. The molecule has 1 atom stereocenters. The minimum absolute atomic E-state index is 0.271. The molecule has 3 rings (SSSR count). The summed E-state index contributed by atoms with van der Waals surface area (Å²) in [5.41, 5.74) is -0.341. The molecule has 0 radical (unpaired) electrons. The van der Waals surface area contributed by atoms with E-state index in [1.54, 1.807) is 6.07 Å². The first-order valence-corrected chi connectivity index (χ1v) is 9.82. The highest BCUT2D eigenvalue weighted by atomic mass is 19.4. The Morgan fingerprint density at radius 3 is 2.44 bits per heavy atom. The molecule has 2 heterocycles. The first-order chi connectivity index (χ1) is 12.6. The molecule has 6 heteroatoms. The van der Waals surface area contributed by atoms with Gasteiger partial charge in [0.1, 0.15) is 0 Å². The predicted molar refractivity (Wildman–Crippen MR) is 101 cm³/mol. The van der Waals surface area contributed by atoms with Gasteiger partial charge in [0.05, 0.1) is 11.2 Å². The summed E-state index contributed by atoms with van der Waals surface area (Å²) in [4.78, 5) is 4.76. The van der Waals surface area contributed by atoms with Crippen LogP contribution in [0.5, 0.6) is 0 Å². The zero-order chi connectivity index (χ0) is 19.7. The van der Waals surface area contributed by atoms with Crippen LogP contribution in [0.2, 0.25) is 0 Å². The third kappa shape index (κ3) is 5.04. The summed E-state index contributed by atoms with van der Waals surface area (Å²) in [7, 11) is 2.13. The summed E-state index contributed by atoms with van der Waals surface area (Å²) in [5, 5.41) is 0. The highest BCUT2D eigenvalue weighted by Gasteiger charge is 2.43. The van der Waals surface area contributed by atoms with Crippen LogP contribution in [0.1, 0.15) is 44.2 Å². The molecule has 0 saturated carbocycles. The monoisotopic (exact) mass is 384 g/mol. The van der Waals surface area contributed by atoms with E-state index in [0.717, 1.165) is 57.5 Å². The molecule has 0 unspecified atom stereocenters. The lowest BCUT2D eigenvalue weighted by Gasteiger charge is -2.46. The summed E-state index contributed by atoms with van der Waals surface area (Å²) < 4.78 is 45.8. The Hall–Kier alpha value is -1.11. The van der Waals surface area contributed by atoms with Crippen molar-refractivity contribution < 1.29 is 17.9 Å². The number of benzene rings is 1. The van der Waals surface area contributed by atoms with Gasteiger partial charge in [0, 0.05) is 38.2 Å². The van der Waals surface area contributed by atoms with Crippen LogP contribution in [0, 0.1) is 0 Å². The molecule has 0 aliphatic carbocycles. The summed E-state index contributed by atoms with van der Waals surface area (Å²) in [6, 6.07) is 5.96. The quantitative estimate of drug-likeness (QED) is 0.775. The van der Waals surface area contributed by atoms with E-state index in [4.69, 9.17) is 4.74 Å². The molecule has 2 aliphatic heterocycles. The summed E-state index contributed by atoms with van der Waals surface area (Å²) in [6.07, 6.45) is -1.93. The third-order valence-corrected chi connectivity index (χ3v) is 6.14. The molecule has 2 aliphatic rings. The van der Waals surface area contributed by atoms with E-state index in [-0.39, 0.29) is 11.0 Å². The highest BCUT2D eigenvalue weighted by Crippen LogP contribution is 2.45. The van der Waals surface area contributed by atoms with Crippen molar-refractivity contribution in [2.45, 2.75) is 50.3 Å². The number of piperazine rings is 1. The molecule has 0 bridgehead atoms. The zero-order valence-corrected chi connectivity index (χ0v) is 16.6. The molecular weight excluding hydrogens is 353 g/mol. The van der Waals surface area contributed by atoms with E-state index in [1.807, 2.05) is 19.9 Å². The van der Waals surface area contributed by atoms with E-state index in [1.165, 1.54) is 12.1 Å². The van der Waals surface area contributed by atoms with Crippen molar-refractivity contribution in [3.63, 3.8) is 0 Å². The maximum Gasteiger partial charge on any atom is 0.416 e. The molecule has 0 amide bonds. The highest BCUT2D eigenvalue weighted by molar-refractivity contribution is 5.33. The van der Waals surface area contributed by atoms with Crippen molar-refractivity contribution in [3.05, 3.63) is 35.4 Å². The lowest BCUT2D eigenvalue weighted by molar-refractivity contribution is -0.137. The maximum atomic E-state index is 13.3. The smallest absolute Gasteiger partial charge is 0.376 e. The van der Waals surface area contributed by atoms with Gasteiger partial charge >= 0.3 is 6.18 Å². The van der Waals surface area contributed by atoms with E-state index >= 15 is 0 Å². The molecule has 152 valence electrons. The summed E-state index contributed by atoms with van der Waals surface area (Å²) in [5.74, 6) is 0.